The SMILES string of the molecule is Cc1ccc(Cn2cc(/C=N\NC(=O)Cc3ccc(C)c(C)c3)c3ccccc32)cc1. The first kappa shape index (κ1) is 20.6. The summed E-state index contributed by atoms with van der Waals surface area (Å²) < 4.78 is 2.22. The van der Waals surface area contributed by atoms with Gasteiger partial charge >= 0.3 is 0 Å². The van der Waals surface area contributed by atoms with Gasteiger partial charge in [-0.3, -0.25) is 4.79 Å². The highest BCUT2D eigenvalue weighted by molar-refractivity contribution is 5.99. The molecule has 4 rings (SSSR count). The average Bonchev–Trinajstić information content (AvgIpc) is 3.10. The van der Waals surface area contributed by atoms with Gasteiger partial charge in [-0.2, -0.15) is 5.10 Å². The molecule has 4 aromatic rings. The molecule has 0 atom stereocenters. The van der Waals surface area contributed by atoms with Crippen LogP contribution in [0.3, 0.4) is 0 Å². The van der Waals surface area contributed by atoms with Crippen LogP contribution in [-0.4, -0.2) is 16.7 Å². The number of carbonyl (C=O) groups excluding carboxylic acids is 1. The van der Waals surface area contributed by atoms with Gasteiger partial charge in [-0.05, 0) is 49.1 Å². The number of nitrogens with zero attached hydrogens (tertiary/aromatic N) is 2. The largest absolute Gasteiger partial charge is 0.342 e. The molecular formula is C27H27N3O. The van der Waals surface area contributed by atoms with Gasteiger partial charge in [-0.25, -0.2) is 5.43 Å². The monoisotopic (exact) mass is 409 g/mol. The molecule has 0 aliphatic heterocycles. The number of hydrogen-bond acceptors (Lipinski definition) is 2. The van der Waals surface area contributed by atoms with E-state index in [1.807, 2.05) is 24.3 Å². The van der Waals surface area contributed by atoms with Gasteiger partial charge in [0.1, 0.15) is 0 Å². The summed E-state index contributed by atoms with van der Waals surface area (Å²) in [5, 5.41) is 5.33. The summed E-state index contributed by atoms with van der Waals surface area (Å²) in [5.41, 5.74) is 10.7. The van der Waals surface area contributed by atoms with Gasteiger partial charge in [0.25, 0.3) is 0 Å². The van der Waals surface area contributed by atoms with Crippen molar-refractivity contribution in [2.75, 3.05) is 0 Å². The normalized spacial score (nSPS) is 11.3. The number of aryl methyl sites for hydroxylation is 3. The standard InChI is InChI=1S/C27H27N3O/c1-19-8-11-22(12-9-19)17-30-18-24(25-6-4-5-7-26(25)30)16-28-29-27(31)15-23-13-10-20(2)21(3)14-23/h4-14,16,18H,15,17H2,1-3H3,(H,29,31)/b28-16-. The molecule has 156 valence electrons. The summed E-state index contributed by atoms with van der Waals surface area (Å²) in [6.07, 6.45) is 4.13. The first-order valence-corrected chi connectivity index (χ1v) is 10.5. The third kappa shape index (κ3) is 4.92. The van der Waals surface area contributed by atoms with E-state index in [4.69, 9.17) is 0 Å². The molecule has 3 aromatic carbocycles. The maximum Gasteiger partial charge on any atom is 0.244 e. The van der Waals surface area contributed by atoms with Crippen LogP contribution < -0.4 is 5.43 Å². The molecule has 0 radical (unpaired) electrons. The highest BCUT2D eigenvalue weighted by Crippen LogP contribution is 2.21. The highest BCUT2D eigenvalue weighted by Gasteiger charge is 2.08. The quantitative estimate of drug-likeness (QED) is 0.341. The summed E-state index contributed by atoms with van der Waals surface area (Å²) in [4.78, 5) is 12.3. The van der Waals surface area contributed by atoms with E-state index in [1.54, 1.807) is 6.21 Å². The summed E-state index contributed by atoms with van der Waals surface area (Å²) in [7, 11) is 0. The van der Waals surface area contributed by atoms with Gasteiger partial charge in [-0.1, -0.05) is 66.2 Å². The molecule has 0 saturated heterocycles. The smallest absolute Gasteiger partial charge is 0.244 e. The number of carbonyl (C=O) groups is 1. The Bertz CT molecular complexity index is 1250. The first-order chi connectivity index (χ1) is 15.0. The van der Waals surface area contributed by atoms with Crippen LogP contribution >= 0.6 is 0 Å². The van der Waals surface area contributed by atoms with E-state index in [1.165, 1.54) is 22.3 Å². The predicted molar refractivity (Wildman–Crippen MR) is 128 cm³/mol. The van der Waals surface area contributed by atoms with Gasteiger partial charge in [0.2, 0.25) is 5.91 Å². The molecule has 4 nitrogen and oxygen atoms in total. The Morgan fingerprint density at radius 2 is 1.68 bits per heavy atom. The molecule has 1 N–H and O–H groups in total. The number of hydrogen-bond donors (Lipinski definition) is 1. The molecule has 0 spiro atoms. The fourth-order valence-electron chi connectivity index (χ4n) is 3.71. The van der Waals surface area contributed by atoms with Crippen molar-refractivity contribution in [2.45, 2.75) is 33.7 Å². The lowest BCUT2D eigenvalue weighted by Gasteiger charge is -2.06. The van der Waals surface area contributed by atoms with Crippen molar-refractivity contribution in [1.29, 1.82) is 0 Å². The second kappa shape index (κ2) is 9.00. The second-order valence-corrected chi connectivity index (χ2v) is 8.10. The Hall–Kier alpha value is -3.66. The molecule has 0 aliphatic rings. The van der Waals surface area contributed by atoms with E-state index < -0.39 is 0 Å². The Kier molecular flexibility index (Phi) is 5.99. The molecule has 0 bridgehead atoms. The maximum atomic E-state index is 12.3. The van der Waals surface area contributed by atoms with Crippen LogP contribution in [-0.2, 0) is 17.8 Å². The number of fused-ring (bicyclic) bond motifs is 1. The van der Waals surface area contributed by atoms with Crippen LogP contribution in [0, 0.1) is 20.8 Å². The third-order valence-corrected chi connectivity index (χ3v) is 5.62. The Morgan fingerprint density at radius 3 is 2.45 bits per heavy atom. The van der Waals surface area contributed by atoms with Crippen molar-refractivity contribution in [3.63, 3.8) is 0 Å². The van der Waals surface area contributed by atoms with Crippen LogP contribution in [0.25, 0.3) is 10.9 Å². The fourth-order valence-corrected chi connectivity index (χ4v) is 3.71. The van der Waals surface area contributed by atoms with Crippen molar-refractivity contribution in [3.8, 4) is 0 Å². The van der Waals surface area contributed by atoms with Crippen LogP contribution in [0.1, 0.15) is 33.4 Å². The van der Waals surface area contributed by atoms with Gasteiger partial charge in [0, 0.05) is 29.2 Å². The van der Waals surface area contributed by atoms with Crippen molar-refractivity contribution < 1.29 is 4.79 Å². The summed E-state index contributed by atoms with van der Waals surface area (Å²) in [5.74, 6) is -0.122. The number of benzene rings is 3. The van der Waals surface area contributed by atoms with Gasteiger partial charge in [0.05, 0.1) is 12.6 Å². The number of amides is 1. The number of rotatable bonds is 6. The molecule has 0 aliphatic carbocycles. The lowest BCUT2D eigenvalue weighted by molar-refractivity contribution is -0.120. The minimum Gasteiger partial charge on any atom is -0.342 e. The Morgan fingerprint density at radius 1 is 0.935 bits per heavy atom. The van der Waals surface area contributed by atoms with Crippen LogP contribution in [0.5, 0.6) is 0 Å². The van der Waals surface area contributed by atoms with Crippen LogP contribution in [0.15, 0.2) is 78.0 Å². The molecule has 4 heteroatoms. The summed E-state index contributed by atoms with van der Waals surface area (Å²) in [6, 6.07) is 22.9. The molecule has 1 aromatic heterocycles. The highest BCUT2D eigenvalue weighted by atomic mass is 16.2. The van der Waals surface area contributed by atoms with Gasteiger partial charge in [0.15, 0.2) is 0 Å². The second-order valence-electron chi connectivity index (χ2n) is 8.10. The van der Waals surface area contributed by atoms with Crippen molar-refractivity contribution in [2.24, 2.45) is 5.10 Å². The number of nitrogens with one attached hydrogen (secondary N) is 1. The molecular weight excluding hydrogens is 382 g/mol. The van der Waals surface area contributed by atoms with Crippen LogP contribution in [0.2, 0.25) is 0 Å². The molecule has 0 fully saturated rings. The topological polar surface area (TPSA) is 46.4 Å². The molecule has 0 saturated carbocycles. The van der Waals surface area contributed by atoms with Crippen molar-refractivity contribution >= 4 is 23.0 Å². The maximum absolute atomic E-state index is 12.3. The zero-order chi connectivity index (χ0) is 21.8. The molecule has 31 heavy (non-hydrogen) atoms. The zero-order valence-electron chi connectivity index (χ0n) is 18.2. The first-order valence-electron chi connectivity index (χ1n) is 10.5. The van der Waals surface area contributed by atoms with Crippen molar-refractivity contribution in [1.82, 2.24) is 9.99 Å². The third-order valence-electron chi connectivity index (χ3n) is 5.62. The van der Waals surface area contributed by atoms with E-state index in [-0.39, 0.29) is 5.91 Å². The van der Waals surface area contributed by atoms with E-state index in [0.29, 0.717) is 6.42 Å². The minimum atomic E-state index is -0.122. The molecule has 0 unspecified atom stereocenters. The molecule has 1 amide bonds. The van der Waals surface area contributed by atoms with Crippen LogP contribution in [0.4, 0.5) is 0 Å². The number of hydrazone groups is 1. The number of aromatic nitrogens is 1. The Labute approximate surface area is 183 Å². The minimum absolute atomic E-state index is 0.122. The predicted octanol–water partition coefficient (Wildman–Crippen LogP) is 5.31. The van der Waals surface area contributed by atoms with Crippen molar-refractivity contribution in [3.05, 3.63) is 106 Å². The van der Waals surface area contributed by atoms with E-state index in [2.05, 4.69) is 84.5 Å². The van der Waals surface area contributed by atoms with E-state index >= 15 is 0 Å². The summed E-state index contributed by atoms with van der Waals surface area (Å²) >= 11 is 0. The lowest BCUT2D eigenvalue weighted by Crippen LogP contribution is -2.19. The Balaban J connectivity index is 1.48. The van der Waals surface area contributed by atoms with E-state index in [9.17, 15) is 4.79 Å². The van der Waals surface area contributed by atoms with Gasteiger partial charge in [-0.15, -0.1) is 0 Å². The fraction of sp³-hybridized carbons (Fsp3) is 0.185. The molecule has 1 heterocycles. The number of para-hydroxylation sites is 1. The lowest BCUT2D eigenvalue weighted by atomic mass is 10.0. The van der Waals surface area contributed by atoms with Gasteiger partial charge < -0.3 is 4.57 Å². The summed E-state index contributed by atoms with van der Waals surface area (Å²) in [6.45, 7) is 7.01. The zero-order valence-corrected chi connectivity index (χ0v) is 18.2. The van der Waals surface area contributed by atoms with E-state index in [0.717, 1.165) is 28.6 Å². The average molecular weight is 410 g/mol.